The Morgan fingerprint density at radius 3 is 2.38 bits per heavy atom. The fraction of sp³-hybridized carbons (Fsp3) is 0.316. The van der Waals surface area contributed by atoms with Gasteiger partial charge in [0.25, 0.3) is 5.91 Å². The van der Waals surface area contributed by atoms with Crippen LogP contribution < -0.4 is 5.32 Å². The predicted molar refractivity (Wildman–Crippen MR) is 102 cm³/mol. The van der Waals surface area contributed by atoms with Crippen LogP contribution in [0.5, 0.6) is 0 Å². The van der Waals surface area contributed by atoms with Crippen LogP contribution in [0.2, 0.25) is 5.02 Å². The van der Waals surface area contributed by atoms with Gasteiger partial charge < -0.3 is 10.2 Å². The van der Waals surface area contributed by atoms with Gasteiger partial charge in [0, 0.05) is 19.1 Å². The van der Waals surface area contributed by atoms with Crippen LogP contribution in [-0.4, -0.2) is 37.0 Å². The van der Waals surface area contributed by atoms with E-state index in [1.165, 1.54) is 0 Å². The van der Waals surface area contributed by atoms with E-state index < -0.39 is 0 Å². The molecular weight excluding hydrogens is 343 g/mol. The number of hydrogen-bond donors (Lipinski definition) is 1. The number of amides is 1. The second-order valence-electron chi connectivity index (χ2n) is 5.92. The van der Waals surface area contributed by atoms with Crippen LogP contribution in [0, 0.1) is 0 Å². The van der Waals surface area contributed by atoms with Crippen LogP contribution in [0.1, 0.15) is 23.2 Å². The molecule has 1 N–H and O–H groups in total. The first-order chi connectivity index (χ1) is 11.2. The minimum Gasteiger partial charge on any atom is -0.338 e. The minimum atomic E-state index is 0. The number of carbonyl (C=O) groups is 1. The number of nitrogens with zero attached hydrogens (tertiary/aromatic N) is 1. The Balaban J connectivity index is 0.00000208. The van der Waals surface area contributed by atoms with E-state index in [-0.39, 0.29) is 18.3 Å². The quantitative estimate of drug-likeness (QED) is 0.882. The molecule has 128 valence electrons. The molecule has 1 heterocycles. The topological polar surface area (TPSA) is 32.3 Å². The Morgan fingerprint density at radius 1 is 1.08 bits per heavy atom. The molecular formula is C19H22Cl2N2O. The maximum absolute atomic E-state index is 12.8. The van der Waals surface area contributed by atoms with Gasteiger partial charge in [0.05, 0.1) is 10.6 Å². The lowest BCUT2D eigenvalue weighted by molar-refractivity contribution is 0.0707. The Labute approximate surface area is 154 Å². The molecule has 3 nitrogen and oxygen atoms in total. The Morgan fingerprint density at radius 2 is 1.75 bits per heavy atom. The zero-order valence-corrected chi connectivity index (χ0v) is 15.2. The minimum absolute atomic E-state index is 0. The molecule has 0 bridgehead atoms. The van der Waals surface area contributed by atoms with Crippen LogP contribution in [0.25, 0.3) is 11.1 Å². The molecule has 0 radical (unpaired) electrons. The first kappa shape index (κ1) is 18.8. The molecule has 1 aliphatic rings. The predicted octanol–water partition coefficient (Wildman–Crippen LogP) is 4.25. The van der Waals surface area contributed by atoms with Crippen molar-refractivity contribution in [2.45, 2.75) is 18.9 Å². The van der Waals surface area contributed by atoms with E-state index in [9.17, 15) is 4.79 Å². The summed E-state index contributed by atoms with van der Waals surface area (Å²) < 4.78 is 0. The van der Waals surface area contributed by atoms with Crippen molar-refractivity contribution < 1.29 is 4.79 Å². The number of rotatable bonds is 3. The highest BCUT2D eigenvalue weighted by Crippen LogP contribution is 2.27. The molecule has 0 aromatic heterocycles. The fourth-order valence-electron chi connectivity index (χ4n) is 3.04. The number of piperidine rings is 1. The van der Waals surface area contributed by atoms with Gasteiger partial charge in [-0.1, -0.05) is 48.0 Å². The summed E-state index contributed by atoms with van der Waals surface area (Å²) in [7, 11) is 1.97. The lowest BCUT2D eigenvalue weighted by Gasteiger charge is -2.32. The van der Waals surface area contributed by atoms with Gasteiger partial charge in [0.15, 0.2) is 0 Å². The van der Waals surface area contributed by atoms with Crippen LogP contribution >= 0.6 is 24.0 Å². The Bertz CT molecular complexity index is 683. The van der Waals surface area contributed by atoms with Crippen molar-refractivity contribution >= 4 is 29.9 Å². The molecule has 1 aliphatic heterocycles. The average molecular weight is 365 g/mol. The molecule has 1 amide bonds. The van der Waals surface area contributed by atoms with Crippen LogP contribution in [-0.2, 0) is 0 Å². The van der Waals surface area contributed by atoms with E-state index >= 15 is 0 Å². The third-order valence-electron chi connectivity index (χ3n) is 4.49. The summed E-state index contributed by atoms with van der Waals surface area (Å²) in [6.45, 7) is 1.55. The Kier molecular flexibility index (Phi) is 6.67. The molecule has 0 aliphatic carbocycles. The second kappa shape index (κ2) is 8.52. The van der Waals surface area contributed by atoms with Crippen molar-refractivity contribution in [1.82, 2.24) is 10.2 Å². The smallest absolute Gasteiger partial charge is 0.255 e. The Hall–Kier alpha value is -1.55. The summed E-state index contributed by atoms with van der Waals surface area (Å²) in [5.41, 5.74) is 2.70. The second-order valence-corrected chi connectivity index (χ2v) is 6.32. The number of carbonyl (C=O) groups excluding carboxylic acids is 1. The molecule has 24 heavy (non-hydrogen) atoms. The zero-order valence-electron chi connectivity index (χ0n) is 13.7. The maximum atomic E-state index is 12.8. The molecule has 3 rings (SSSR count). The summed E-state index contributed by atoms with van der Waals surface area (Å²) in [5.74, 6) is 0.0299. The van der Waals surface area contributed by atoms with E-state index in [0.29, 0.717) is 16.6 Å². The van der Waals surface area contributed by atoms with Gasteiger partial charge in [-0.15, -0.1) is 12.4 Å². The summed E-state index contributed by atoms with van der Waals surface area (Å²) in [4.78, 5) is 14.7. The fourth-order valence-corrected chi connectivity index (χ4v) is 3.24. The molecule has 0 spiro atoms. The molecule has 0 saturated carbocycles. The molecule has 5 heteroatoms. The standard InChI is InChI=1S/C19H21ClN2O.ClH/c1-21-16-9-11-22(12-10-16)19(23)17-13-15(7-8-18(17)20)14-5-3-2-4-6-14;/h2-8,13,16,21H,9-12H2,1H3;1H. The van der Waals surface area contributed by atoms with E-state index in [4.69, 9.17) is 11.6 Å². The van der Waals surface area contributed by atoms with Crippen LogP contribution in [0.3, 0.4) is 0 Å². The van der Waals surface area contributed by atoms with Crippen LogP contribution in [0.4, 0.5) is 0 Å². The van der Waals surface area contributed by atoms with Crippen molar-refractivity contribution in [1.29, 1.82) is 0 Å². The van der Waals surface area contributed by atoms with Crippen molar-refractivity contribution in [2.24, 2.45) is 0 Å². The lowest BCUT2D eigenvalue weighted by Crippen LogP contribution is -2.44. The average Bonchev–Trinajstić information content (AvgIpc) is 2.62. The van der Waals surface area contributed by atoms with E-state index in [1.54, 1.807) is 0 Å². The zero-order chi connectivity index (χ0) is 16.2. The normalized spacial score (nSPS) is 15.0. The van der Waals surface area contributed by atoms with Gasteiger partial charge >= 0.3 is 0 Å². The third-order valence-corrected chi connectivity index (χ3v) is 4.82. The van der Waals surface area contributed by atoms with Gasteiger partial charge in [0.1, 0.15) is 0 Å². The van der Waals surface area contributed by atoms with E-state index in [2.05, 4.69) is 5.32 Å². The van der Waals surface area contributed by atoms with Gasteiger partial charge in [-0.25, -0.2) is 0 Å². The summed E-state index contributed by atoms with van der Waals surface area (Å²) in [6.07, 6.45) is 1.97. The highest BCUT2D eigenvalue weighted by Gasteiger charge is 2.24. The van der Waals surface area contributed by atoms with Crippen molar-refractivity contribution in [3.8, 4) is 11.1 Å². The number of likely N-dealkylation sites (tertiary alicyclic amines) is 1. The van der Waals surface area contributed by atoms with E-state index in [0.717, 1.165) is 37.1 Å². The number of hydrogen-bond acceptors (Lipinski definition) is 2. The molecule has 2 aromatic rings. The van der Waals surface area contributed by atoms with Gasteiger partial charge in [0.2, 0.25) is 0 Å². The van der Waals surface area contributed by atoms with Crippen molar-refractivity contribution in [3.63, 3.8) is 0 Å². The van der Waals surface area contributed by atoms with Crippen LogP contribution in [0.15, 0.2) is 48.5 Å². The molecule has 2 aromatic carbocycles. The summed E-state index contributed by atoms with van der Waals surface area (Å²) >= 11 is 6.29. The molecule has 0 unspecified atom stereocenters. The lowest BCUT2D eigenvalue weighted by atomic mass is 10.0. The summed E-state index contributed by atoms with van der Waals surface area (Å²) in [6, 6.07) is 16.2. The van der Waals surface area contributed by atoms with Crippen molar-refractivity contribution in [3.05, 3.63) is 59.1 Å². The van der Waals surface area contributed by atoms with Gasteiger partial charge in [-0.3, -0.25) is 4.79 Å². The van der Waals surface area contributed by atoms with E-state index in [1.807, 2.05) is 60.5 Å². The van der Waals surface area contributed by atoms with Gasteiger partial charge in [-0.05, 0) is 43.1 Å². The largest absolute Gasteiger partial charge is 0.338 e. The SMILES string of the molecule is CNC1CCN(C(=O)c2cc(-c3ccccc3)ccc2Cl)CC1.Cl. The molecule has 0 atom stereocenters. The highest BCUT2D eigenvalue weighted by atomic mass is 35.5. The number of halogens is 2. The first-order valence-corrected chi connectivity index (χ1v) is 8.38. The monoisotopic (exact) mass is 364 g/mol. The molecule has 1 fully saturated rings. The third kappa shape index (κ3) is 4.10. The van der Waals surface area contributed by atoms with Crippen molar-refractivity contribution in [2.75, 3.05) is 20.1 Å². The van der Waals surface area contributed by atoms with Gasteiger partial charge in [-0.2, -0.15) is 0 Å². The first-order valence-electron chi connectivity index (χ1n) is 8.00. The number of benzene rings is 2. The molecule has 1 saturated heterocycles. The highest BCUT2D eigenvalue weighted by molar-refractivity contribution is 6.34. The maximum Gasteiger partial charge on any atom is 0.255 e. The number of nitrogens with one attached hydrogen (secondary N) is 1. The summed E-state index contributed by atoms with van der Waals surface area (Å²) in [5, 5.41) is 3.80.